The summed E-state index contributed by atoms with van der Waals surface area (Å²) in [6.45, 7) is 4.15. The zero-order valence-electron chi connectivity index (χ0n) is 11.7. The van der Waals surface area contributed by atoms with Gasteiger partial charge in [0.1, 0.15) is 0 Å². The molecule has 1 amide bonds. The third kappa shape index (κ3) is 2.77. The molecule has 108 valence electrons. The summed E-state index contributed by atoms with van der Waals surface area (Å²) in [5.74, 6) is 0.0444. The summed E-state index contributed by atoms with van der Waals surface area (Å²) in [7, 11) is 0. The highest BCUT2D eigenvalue weighted by Gasteiger charge is 2.31. The average molecular weight is 275 g/mol. The van der Waals surface area contributed by atoms with Gasteiger partial charge < -0.3 is 14.8 Å². The fraction of sp³-hybridized carbons (Fsp3) is 0.600. The van der Waals surface area contributed by atoms with Crippen LogP contribution in [-0.4, -0.2) is 52.9 Å². The van der Waals surface area contributed by atoms with Crippen molar-refractivity contribution in [2.24, 2.45) is 0 Å². The molecule has 3 heterocycles. The molecule has 0 radical (unpaired) electrons. The Bertz CT molecular complexity index is 514. The van der Waals surface area contributed by atoms with Crippen LogP contribution in [0, 0.1) is 0 Å². The van der Waals surface area contributed by atoms with Crippen LogP contribution in [-0.2, 0) is 0 Å². The summed E-state index contributed by atoms with van der Waals surface area (Å²) in [4.78, 5) is 30.6. The number of hydrogen-bond acceptors (Lipinski definition) is 3. The van der Waals surface area contributed by atoms with Gasteiger partial charge in [-0.15, -0.1) is 0 Å². The Morgan fingerprint density at radius 1 is 1.20 bits per heavy atom. The second-order valence-corrected chi connectivity index (χ2v) is 5.74. The van der Waals surface area contributed by atoms with E-state index >= 15 is 0 Å². The molecule has 0 spiro atoms. The smallest absolute Gasteiger partial charge is 0.255 e. The molecule has 3 rings (SSSR count). The number of carbonyl (C=O) groups is 1. The van der Waals surface area contributed by atoms with Gasteiger partial charge in [0.05, 0.1) is 5.56 Å². The Morgan fingerprint density at radius 3 is 2.70 bits per heavy atom. The van der Waals surface area contributed by atoms with E-state index in [1.54, 1.807) is 6.07 Å². The molecule has 2 fully saturated rings. The summed E-state index contributed by atoms with van der Waals surface area (Å²) in [5, 5.41) is 0. The Kier molecular flexibility index (Phi) is 3.87. The van der Waals surface area contributed by atoms with Crippen molar-refractivity contribution in [2.75, 3.05) is 26.2 Å². The fourth-order valence-corrected chi connectivity index (χ4v) is 3.27. The van der Waals surface area contributed by atoms with Crippen LogP contribution < -0.4 is 5.56 Å². The Morgan fingerprint density at radius 2 is 2.00 bits per heavy atom. The first-order valence-corrected chi connectivity index (χ1v) is 7.46. The number of H-pyrrole nitrogens is 1. The van der Waals surface area contributed by atoms with Crippen LogP contribution in [0.1, 0.15) is 36.0 Å². The van der Waals surface area contributed by atoms with Gasteiger partial charge in [-0.1, -0.05) is 0 Å². The van der Waals surface area contributed by atoms with Crippen LogP contribution in [0.4, 0.5) is 0 Å². The van der Waals surface area contributed by atoms with E-state index in [-0.39, 0.29) is 11.5 Å². The van der Waals surface area contributed by atoms with Crippen LogP contribution in [0.5, 0.6) is 0 Å². The zero-order chi connectivity index (χ0) is 13.9. The topological polar surface area (TPSA) is 56.4 Å². The number of nitrogens with one attached hydrogen (secondary N) is 1. The first-order valence-electron chi connectivity index (χ1n) is 7.46. The van der Waals surface area contributed by atoms with Gasteiger partial charge in [0.25, 0.3) is 5.91 Å². The second-order valence-electron chi connectivity index (χ2n) is 5.74. The molecule has 20 heavy (non-hydrogen) atoms. The summed E-state index contributed by atoms with van der Waals surface area (Å²) >= 11 is 0. The van der Waals surface area contributed by atoms with Crippen molar-refractivity contribution >= 4 is 5.91 Å². The SMILES string of the molecule is O=C(c1ccc(=O)[nH]c1)N1CCCC1CN1CCCC1. The third-order valence-corrected chi connectivity index (χ3v) is 4.34. The van der Waals surface area contributed by atoms with E-state index < -0.39 is 0 Å². The van der Waals surface area contributed by atoms with Crippen molar-refractivity contribution in [2.45, 2.75) is 31.7 Å². The van der Waals surface area contributed by atoms with Crippen molar-refractivity contribution in [1.82, 2.24) is 14.8 Å². The van der Waals surface area contributed by atoms with Gasteiger partial charge >= 0.3 is 0 Å². The molecule has 2 aliphatic rings. The summed E-state index contributed by atoms with van der Waals surface area (Å²) in [6, 6.07) is 3.36. The molecule has 1 aromatic heterocycles. The predicted molar refractivity (Wildman–Crippen MR) is 76.8 cm³/mol. The highest BCUT2D eigenvalue weighted by atomic mass is 16.2. The number of hydrogen-bond donors (Lipinski definition) is 1. The molecule has 5 heteroatoms. The van der Waals surface area contributed by atoms with Crippen molar-refractivity contribution in [3.8, 4) is 0 Å². The number of likely N-dealkylation sites (tertiary alicyclic amines) is 2. The molecular weight excluding hydrogens is 254 g/mol. The predicted octanol–water partition coefficient (Wildman–Crippen LogP) is 1.08. The lowest BCUT2D eigenvalue weighted by atomic mass is 10.2. The van der Waals surface area contributed by atoms with Gasteiger partial charge in [-0.3, -0.25) is 9.59 Å². The molecular formula is C15H21N3O2. The molecule has 1 unspecified atom stereocenters. The maximum atomic E-state index is 12.5. The fourth-order valence-electron chi connectivity index (χ4n) is 3.27. The molecule has 2 aliphatic heterocycles. The van der Waals surface area contributed by atoms with E-state index in [4.69, 9.17) is 0 Å². The number of carbonyl (C=O) groups excluding carboxylic acids is 1. The van der Waals surface area contributed by atoms with Gasteiger partial charge in [-0.2, -0.15) is 0 Å². The minimum absolute atomic E-state index is 0.0444. The van der Waals surface area contributed by atoms with Gasteiger partial charge in [0.2, 0.25) is 5.56 Å². The lowest BCUT2D eigenvalue weighted by molar-refractivity contribution is 0.0708. The molecule has 0 aliphatic carbocycles. The quantitative estimate of drug-likeness (QED) is 0.898. The molecule has 2 saturated heterocycles. The normalized spacial score (nSPS) is 23.4. The number of aromatic amines is 1. The number of amides is 1. The minimum atomic E-state index is -0.170. The van der Waals surface area contributed by atoms with E-state index in [9.17, 15) is 9.59 Å². The highest BCUT2D eigenvalue weighted by Crippen LogP contribution is 2.22. The second kappa shape index (κ2) is 5.79. The molecule has 0 saturated carbocycles. The maximum Gasteiger partial charge on any atom is 0.255 e. The molecule has 0 aromatic carbocycles. The van der Waals surface area contributed by atoms with E-state index in [2.05, 4.69) is 9.88 Å². The van der Waals surface area contributed by atoms with Crippen molar-refractivity contribution in [3.05, 3.63) is 34.2 Å². The standard InChI is InChI=1S/C15H21N3O2/c19-14-6-5-12(10-16-14)15(20)18-9-3-4-13(18)11-17-7-1-2-8-17/h5-6,10,13H,1-4,7-9,11H2,(H,16,19). The monoisotopic (exact) mass is 275 g/mol. The van der Waals surface area contributed by atoms with Crippen LogP contribution in [0.3, 0.4) is 0 Å². The van der Waals surface area contributed by atoms with Crippen molar-refractivity contribution in [1.29, 1.82) is 0 Å². The molecule has 0 bridgehead atoms. The Hall–Kier alpha value is -1.62. The van der Waals surface area contributed by atoms with Crippen LogP contribution >= 0.6 is 0 Å². The highest BCUT2D eigenvalue weighted by molar-refractivity contribution is 5.94. The van der Waals surface area contributed by atoms with Gasteiger partial charge in [0, 0.05) is 31.4 Å². The van der Waals surface area contributed by atoms with Gasteiger partial charge in [-0.25, -0.2) is 0 Å². The lowest BCUT2D eigenvalue weighted by Gasteiger charge is -2.28. The van der Waals surface area contributed by atoms with Gasteiger partial charge in [-0.05, 0) is 44.8 Å². The van der Waals surface area contributed by atoms with Crippen LogP contribution in [0.25, 0.3) is 0 Å². The summed E-state index contributed by atoms with van der Waals surface area (Å²) in [6.07, 6.45) is 6.25. The van der Waals surface area contributed by atoms with Crippen LogP contribution in [0.15, 0.2) is 23.1 Å². The summed E-state index contributed by atoms with van der Waals surface area (Å²) in [5.41, 5.74) is 0.412. The van der Waals surface area contributed by atoms with Crippen molar-refractivity contribution < 1.29 is 4.79 Å². The number of pyridine rings is 1. The molecule has 1 atom stereocenters. The number of nitrogens with zero attached hydrogens (tertiary/aromatic N) is 2. The van der Waals surface area contributed by atoms with E-state index in [1.165, 1.54) is 25.1 Å². The van der Waals surface area contributed by atoms with E-state index in [0.717, 1.165) is 39.0 Å². The Balaban J connectivity index is 1.69. The van der Waals surface area contributed by atoms with Crippen LogP contribution in [0.2, 0.25) is 0 Å². The average Bonchev–Trinajstić information content (AvgIpc) is 3.11. The molecule has 1 aromatic rings. The number of rotatable bonds is 3. The lowest BCUT2D eigenvalue weighted by Crippen LogP contribution is -2.42. The largest absolute Gasteiger partial charge is 0.334 e. The first kappa shape index (κ1) is 13.4. The summed E-state index contributed by atoms with van der Waals surface area (Å²) < 4.78 is 0. The zero-order valence-corrected chi connectivity index (χ0v) is 11.7. The number of aromatic nitrogens is 1. The third-order valence-electron chi connectivity index (χ3n) is 4.34. The molecule has 1 N–H and O–H groups in total. The van der Waals surface area contributed by atoms with Crippen molar-refractivity contribution in [3.63, 3.8) is 0 Å². The minimum Gasteiger partial charge on any atom is -0.334 e. The molecule has 5 nitrogen and oxygen atoms in total. The van der Waals surface area contributed by atoms with E-state index in [0.29, 0.717) is 11.6 Å². The van der Waals surface area contributed by atoms with Gasteiger partial charge in [0.15, 0.2) is 0 Å². The first-order chi connectivity index (χ1) is 9.74. The maximum absolute atomic E-state index is 12.5. The Labute approximate surface area is 118 Å². The van der Waals surface area contributed by atoms with E-state index in [1.807, 2.05) is 4.90 Å².